The molecule has 94 valence electrons. The number of para-hydroxylation sites is 1. The van der Waals surface area contributed by atoms with Crippen molar-refractivity contribution >= 4 is 0 Å². The third-order valence-electron chi connectivity index (χ3n) is 2.95. The number of nitrogens with zero attached hydrogens (tertiary/aromatic N) is 1. The van der Waals surface area contributed by atoms with Gasteiger partial charge in [0.05, 0.1) is 7.11 Å². The topological polar surface area (TPSA) is 22.1 Å². The minimum Gasteiger partial charge on any atom is -0.496 e. The smallest absolute Gasteiger partial charge is 0.126 e. The van der Waals surface area contributed by atoms with Crippen LogP contribution in [0.2, 0.25) is 0 Å². The van der Waals surface area contributed by atoms with E-state index in [1.807, 2.05) is 30.5 Å². The first kappa shape index (κ1) is 12.6. The summed E-state index contributed by atoms with van der Waals surface area (Å²) in [5.41, 5.74) is 3.34. The zero-order chi connectivity index (χ0) is 13.2. The molecule has 0 atom stereocenters. The minimum absolute atomic E-state index is 0.0826. The van der Waals surface area contributed by atoms with Crippen molar-refractivity contribution < 1.29 is 4.74 Å². The third kappa shape index (κ3) is 2.53. The van der Waals surface area contributed by atoms with Crippen molar-refractivity contribution in [3.8, 4) is 16.9 Å². The van der Waals surface area contributed by atoms with Crippen LogP contribution >= 0.6 is 0 Å². The first-order valence-electron chi connectivity index (χ1n) is 6.12. The Kier molecular flexibility index (Phi) is 3.37. The molecule has 2 rings (SSSR count). The van der Waals surface area contributed by atoms with Crippen molar-refractivity contribution in [3.63, 3.8) is 0 Å². The van der Waals surface area contributed by atoms with Crippen molar-refractivity contribution in [1.82, 2.24) is 4.98 Å². The van der Waals surface area contributed by atoms with E-state index in [2.05, 4.69) is 37.9 Å². The molecule has 2 heteroatoms. The lowest BCUT2D eigenvalue weighted by molar-refractivity contribution is 0.416. The zero-order valence-electron chi connectivity index (χ0n) is 11.4. The molecule has 0 amide bonds. The summed E-state index contributed by atoms with van der Waals surface area (Å²) in [5, 5.41) is 0. The highest BCUT2D eigenvalue weighted by molar-refractivity contribution is 5.69. The van der Waals surface area contributed by atoms with Gasteiger partial charge in [-0.3, -0.25) is 4.98 Å². The molecule has 0 radical (unpaired) electrons. The van der Waals surface area contributed by atoms with E-state index in [-0.39, 0.29) is 5.41 Å². The maximum Gasteiger partial charge on any atom is 0.126 e. The molecule has 0 fully saturated rings. The molecule has 2 aromatic rings. The highest BCUT2D eigenvalue weighted by Gasteiger charge is 2.15. The molecule has 0 spiro atoms. The van der Waals surface area contributed by atoms with Gasteiger partial charge in [0, 0.05) is 28.4 Å². The van der Waals surface area contributed by atoms with Crippen molar-refractivity contribution in [2.45, 2.75) is 26.2 Å². The van der Waals surface area contributed by atoms with Gasteiger partial charge >= 0.3 is 0 Å². The predicted octanol–water partition coefficient (Wildman–Crippen LogP) is 4.05. The van der Waals surface area contributed by atoms with Crippen LogP contribution in [-0.4, -0.2) is 12.1 Å². The normalized spacial score (nSPS) is 11.3. The van der Waals surface area contributed by atoms with Crippen LogP contribution in [0.15, 0.2) is 42.6 Å². The van der Waals surface area contributed by atoms with Gasteiger partial charge in [0.15, 0.2) is 0 Å². The van der Waals surface area contributed by atoms with Crippen LogP contribution < -0.4 is 4.74 Å². The monoisotopic (exact) mass is 241 g/mol. The number of aromatic nitrogens is 1. The van der Waals surface area contributed by atoms with Gasteiger partial charge < -0.3 is 4.74 Å². The molecule has 0 N–H and O–H groups in total. The Labute approximate surface area is 109 Å². The SMILES string of the molecule is COc1ccccc1-c1ccc(C(C)(C)C)nc1. The molecule has 0 aliphatic heterocycles. The maximum atomic E-state index is 5.37. The molecule has 1 heterocycles. The Morgan fingerprint density at radius 1 is 1.00 bits per heavy atom. The highest BCUT2D eigenvalue weighted by atomic mass is 16.5. The molecular formula is C16H19NO. The Balaban J connectivity index is 2.41. The van der Waals surface area contributed by atoms with Crippen LogP contribution in [-0.2, 0) is 5.41 Å². The molecule has 18 heavy (non-hydrogen) atoms. The maximum absolute atomic E-state index is 5.37. The molecule has 2 nitrogen and oxygen atoms in total. The van der Waals surface area contributed by atoms with Gasteiger partial charge in [0.1, 0.15) is 5.75 Å². The minimum atomic E-state index is 0.0826. The van der Waals surface area contributed by atoms with Gasteiger partial charge in [-0.15, -0.1) is 0 Å². The van der Waals surface area contributed by atoms with Gasteiger partial charge in [-0.2, -0.15) is 0 Å². The van der Waals surface area contributed by atoms with E-state index >= 15 is 0 Å². The van der Waals surface area contributed by atoms with Crippen molar-refractivity contribution in [2.24, 2.45) is 0 Å². The van der Waals surface area contributed by atoms with Gasteiger partial charge in [-0.1, -0.05) is 45.0 Å². The highest BCUT2D eigenvalue weighted by Crippen LogP contribution is 2.30. The fourth-order valence-electron chi connectivity index (χ4n) is 1.88. The van der Waals surface area contributed by atoms with E-state index in [4.69, 9.17) is 4.74 Å². The molecule has 0 saturated heterocycles. The van der Waals surface area contributed by atoms with Gasteiger partial charge in [-0.05, 0) is 12.1 Å². The summed E-state index contributed by atoms with van der Waals surface area (Å²) >= 11 is 0. The molecule has 1 aromatic carbocycles. The second kappa shape index (κ2) is 4.81. The number of ether oxygens (including phenoxy) is 1. The molecule has 0 bridgehead atoms. The van der Waals surface area contributed by atoms with Crippen LogP contribution in [0.3, 0.4) is 0 Å². The fraction of sp³-hybridized carbons (Fsp3) is 0.312. The predicted molar refractivity (Wildman–Crippen MR) is 74.9 cm³/mol. The quantitative estimate of drug-likeness (QED) is 0.791. The standard InChI is InChI=1S/C16H19NO/c1-16(2,3)15-10-9-12(11-17-15)13-7-5-6-8-14(13)18-4/h5-11H,1-4H3. The molecule has 0 saturated carbocycles. The van der Waals surface area contributed by atoms with E-state index in [1.165, 1.54) is 0 Å². The first-order chi connectivity index (χ1) is 8.52. The van der Waals surface area contributed by atoms with E-state index in [0.29, 0.717) is 0 Å². The first-order valence-corrected chi connectivity index (χ1v) is 6.12. The Morgan fingerprint density at radius 2 is 1.72 bits per heavy atom. The van der Waals surface area contributed by atoms with E-state index in [0.717, 1.165) is 22.6 Å². The van der Waals surface area contributed by atoms with E-state index in [9.17, 15) is 0 Å². The van der Waals surface area contributed by atoms with Crippen LogP contribution in [0.1, 0.15) is 26.5 Å². The average molecular weight is 241 g/mol. The number of pyridine rings is 1. The Morgan fingerprint density at radius 3 is 2.28 bits per heavy atom. The largest absolute Gasteiger partial charge is 0.496 e. The molecule has 0 unspecified atom stereocenters. The summed E-state index contributed by atoms with van der Waals surface area (Å²) in [7, 11) is 1.69. The fourth-order valence-corrected chi connectivity index (χ4v) is 1.88. The second-order valence-corrected chi connectivity index (χ2v) is 5.38. The Bertz CT molecular complexity index is 524. The lowest BCUT2D eigenvalue weighted by Gasteiger charge is -2.18. The van der Waals surface area contributed by atoms with E-state index < -0.39 is 0 Å². The lowest BCUT2D eigenvalue weighted by Crippen LogP contribution is -2.12. The molecular weight excluding hydrogens is 222 g/mol. The summed E-state index contributed by atoms with van der Waals surface area (Å²) in [4.78, 5) is 4.55. The number of hydrogen-bond donors (Lipinski definition) is 0. The number of methoxy groups -OCH3 is 1. The average Bonchev–Trinajstić information content (AvgIpc) is 2.38. The van der Waals surface area contributed by atoms with Crippen LogP contribution in [0.5, 0.6) is 5.75 Å². The van der Waals surface area contributed by atoms with Crippen LogP contribution in [0.4, 0.5) is 0 Å². The van der Waals surface area contributed by atoms with Gasteiger partial charge in [-0.25, -0.2) is 0 Å². The van der Waals surface area contributed by atoms with Crippen molar-refractivity contribution in [2.75, 3.05) is 7.11 Å². The van der Waals surface area contributed by atoms with Crippen molar-refractivity contribution in [1.29, 1.82) is 0 Å². The molecule has 1 aromatic heterocycles. The summed E-state index contributed by atoms with van der Waals surface area (Å²) < 4.78 is 5.37. The van der Waals surface area contributed by atoms with Gasteiger partial charge in [0.2, 0.25) is 0 Å². The van der Waals surface area contributed by atoms with Crippen molar-refractivity contribution in [3.05, 3.63) is 48.3 Å². The third-order valence-corrected chi connectivity index (χ3v) is 2.95. The second-order valence-electron chi connectivity index (χ2n) is 5.38. The van der Waals surface area contributed by atoms with Crippen LogP contribution in [0, 0.1) is 0 Å². The Hall–Kier alpha value is -1.83. The summed E-state index contributed by atoms with van der Waals surface area (Å²) in [6, 6.07) is 12.2. The number of hydrogen-bond acceptors (Lipinski definition) is 2. The van der Waals surface area contributed by atoms with Gasteiger partial charge in [0.25, 0.3) is 0 Å². The number of rotatable bonds is 2. The van der Waals surface area contributed by atoms with E-state index in [1.54, 1.807) is 7.11 Å². The zero-order valence-corrected chi connectivity index (χ0v) is 11.4. The number of benzene rings is 1. The lowest BCUT2D eigenvalue weighted by atomic mass is 9.91. The molecule has 0 aliphatic carbocycles. The molecule has 0 aliphatic rings. The summed E-state index contributed by atoms with van der Waals surface area (Å²) in [5.74, 6) is 0.878. The summed E-state index contributed by atoms with van der Waals surface area (Å²) in [6.45, 7) is 6.49. The summed E-state index contributed by atoms with van der Waals surface area (Å²) in [6.07, 6.45) is 1.92. The van der Waals surface area contributed by atoms with Crippen LogP contribution in [0.25, 0.3) is 11.1 Å².